The molecule has 0 bridgehead atoms. The minimum atomic E-state index is -1.07. The number of aryl methyl sites for hydroxylation is 2. The van der Waals surface area contributed by atoms with E-state index < -0.39 is 23.8 Å². The molecule has 2 atom stereocenters. The van der Waals surface area contributed by atoms with E-state index in [2.05, 4.69) is 9.69 Å². The van der Waals surface area contributed by atoms with Crippen LogP contribution in [0.3, 0.4) is 0 Å². The molecule has 2 heterocycles. The van der Waals surface area contributed by atoms with E-state index in [9.17, 15) is 14.4 Å². The highest BCUT2D eigenvalue weighted by Crippen LogP contribution is 2.34. The number of nitrogens with zero attached hydrogens (tertiary/aromatic N) is 2. The number of nitrogen functional groups attached to an aromatic ring is 1. The maximum absolute atomic E-state index is 14.1. The molecule has 1 fully saturated rings. The average Bonchev–Trinajstić information content (AvgIpc) is 3.57. The smallest absolute Gasteiger partial charge is 0.273 e. The molecule has 38 heavy (non-hydrogen) atoms. The average molecular weight is 538 g/mol. The predicted octanol–water partition coefficient (Wildman–Crippen LogP) is 3.13. The first-order valence-electron chi connectivity index (χ1n) is 12.2. The summed E-state index contributed by atoms with van der Waals surface area (Å²) >= 11 is 0.768. The molecule has 0 unspecified atom stereocenters. The van der Waals surface area contributed by atoms with E-state index >= 15 is 0 Å². The SMILES string of the molecule is COc1ccc([C@H](C(=O)NC[C@H]2CCCO2)N(C(=O)c2snc(C(N)=O)c2N)c2ccc(C)c(C)c2)cc1. The van der Waals surface area contributed by atoms with E-state index in [1.807, 2.05) is 26.0 Å². The Labute approximate surface area is 225 Å². The Morgan fingerprint density at radius 3 is 2.50 bits per heavy atom. The molecule has 3 aromatic rings. The van der Waals surface area contributed by atoms with Crippen molar-refractivity contribution in [3.05, 3.63) is 69.7 Å². The Morgan fingerprint density at radius 1 is 1.18 bits per heavy atom. The lowest BCUT2D eigenvalue weighted by Gasteiger charge is -2.32. The fraction of sp³-hybridized carbons (Fsp3) is 0.333. The second-order valence-electron chi connectivity index (χ2n) is 9.14. The van der Waals surface area contributed by atoms with Crippen LogP contribution in [0.1, 0.15) is 55.7 Å². The monoisotopic (exact) mass is 537 g/mol. The lowest BCUT2D eigenvalue weighted by atomic mass is 10.0. The molecule has 1 aliphatic rings. The summed E-state index contributed by atoms with van der Waals surface area (Å²) in [5.41, 5.74) is 14.2. The van der Waals surface area contributed by atoms with Crippen molar-refractivity contribution < 1.29 is 23.9 Å². The van der Waals surface area contributed by atoms with Crippen molar-refractivity contribution in [1.82, 2.24) is 9.69 Å². The quantitative estimate of drug-likeness (QED) is 0.379. The number of nitrogens with one attached hydrogen (secondary N) is 1. The van der Waals surface area contributed by atoms with Gasteiger partial charge in [-0.1, -0.05) is 18.2 Å². The minimum Gasteiger partial charge on any atom is -0.497 e. The van der Waals surface area contributed by atoms with Crippen molar-refractivity contribution in [3.8, 4) is 5.75 Å². The minimum absolute atomic E-state index is 0.0162. The maximum atomic E-state index is 14.1. The molecular formula is C27H31N5O5S. The van der Waals surface area contributed by atoms with E-state index in [0.717, 1.165) is 35.5 Å². The van der Waals surface area contributed by atoms with Gasteiger partial charge in [0.25, 0.3) is 11.8 Å². The zero-order valence-electron chi connectivity index (χ0n) is 21.5. The third-order valence-electron chi connectivity index (χ3n) is 6.61. The number of benzene rings is 2. The van der Waals surface area contributed by atoms with Gasteiger partial charge in [-0.3, -0.25) is 19.3 Å². The highest BCUT2D eigenvalue weighted by atomic mass is 32.1. The van der Waals surface area contributed by atoms with Crippen molar-refractivity contribution in [2.45, 2.75) is 38.8 Å². The zero-order chi connectivity index (χ0) is 27.4. The molecule has 4 rings (SSSR count). The highest BCUT2D eigenvalue weighted by molar-refractivity contribution is 7.09. The van der Waals surface area contributed by atoms with Crippen molar-refractivity contribution >= 4 is 40.6 Å². The fourth-order valence-electron chi connectivity index (χ4n) is 4.32. The normalized spacial score (nSPS) is 15.6. The van der Waals surface area contributed by atoms with Gasteiger partial charge in [0.05, 0.1) is 18.9 Å². The molecule has 0 saturated carbocycles. The fourth-order valence-corrected chi connectivity index (χ4v) is 5.06. The summed E-state index contributed by atoms with van der Waals surface area (Å²) in [6, 6.07) is 11.3. The highest BCUT2D eigenvalue weighted by Gasteiger charge is 2.36. The third kappa shape index (κ3) is 5.63. The largest absolute Gasteiger partial charge is 0.497 e. The van der Waals surface area contributed by atoms with Crippen LogP contribution in [-0.2, 0) is 9.53 Å². The standard InChI is InChI=1S/C27H31N5O5S/c1-15-6-9-18(13-16(15)2)32(27(35)24-21(28)22(25(29)33)31-38-24)23(17-7-10-19(36-3)11-8-17)26(34)30-14-20-5-4-12-37-20/h6-11,13,20,23H,4-5,12,14,28H2,1-3H3,(H2,29,33)(H,30,34)/t20-,23-/m1/s1. The molecule has 1 aromatic heterocycles. The summed E-state index contributed by atoms with van der Waals surface area (Å²) in [4.78, 5) is 41.2. The van der Waals surface area contributed by atoms with E-state index in [1.54, 1.807) is 37.4 Å². The van der Waals surface area contributed by atoms with Gasteiger partial charge in [0.2, 0.25) is 5.91 Å². The van der Waals surface area contributed by atoms with Crippen LogP contribution < -0.4 is 26.4 Å². The number of amides is 3. The number of rotatable bonds is 9. The number of carbonyl (C=O) groups excluding carboxylic acids is 3. The summed E-state index contributed by atoms with van der Waals surface area (Å²) in [5.74, 6) is -1.20. The molecule has 1 aliphatic heterocycles. The maximum Gasteiger partial charge on any atom is 0.273 e. The van der Waals surface area contributed by atoms with Gasteiger partial charge in [-0.15, -0.1) is 0 Å². The van der Waals surface area contributed by atoms with Crippen LogP contribution in [0.15, 0.2) is 42.5 Å². The van der Waals surface area contributed by atoms with Crippen LogP contribution in [0.25, 0.3) is 0 Å². The lowest BCUT2D eigenvalue weighted by Crippen LogP contribution is -2.45. The van der Waals surface area contributed by atoms with Crippen LogP contribution in [0.2, 0.25) is 0 Å². The second-order valence-corrected chi connectivity index (χ2v) is 9.91. The van der Waals surface area contributed by atoms with E-state index in [-0.39, 0.29) is 22.4 Å². The van der Waals surface area contributed by atoms with Gasteiger partial charge < -0.3 is 26.3 Å². The molecule has 0 aliphatic carbocycles. The number of anilines is 2. The number of ether oxygens (including phenoxy) is 2. The first-order valence-corrected chi connectivity index (χ1v) is 13.0. The molecule has 0 radical (unpaired) electrons. The van der Waals surface area contributed by atoms with E-state index in [1.165, 1.54) is 4.90 Å². The molecule has 10 nitrogen and oxygen atoms in total. The Kier molecular flexibility index (Phi) is 8.28. The Morgan fingerprint density at radius 2 is 1.92 bits per heavy atom. The Hall–Kier alpha value is -3.96. The second kappa shape index (κ2) is 11.6. The first-order chi connectivity index (χ1) is 18.2. The molecule has 5 N–H and O–H groups in total. The van der Waals surface area contributed by atoms with E-state index in [0.29, 0.717) is 30.2 Å². The summed E-state index contributed by atoms with van der Waals surface area (Å²) in [5, 5.41) is 2.97. The Balaban J connectivity index is 1.83. The van der Waals surface area contributed by atoms with Crippen LogP contribution in [0.5, 0.6) is 5.75 Å². The van der Waals surface area contributed by atoms with Gasteiger partial charge in [0, 0.05) is 18.8 Å². The number of nitrogens with two attached hydrogens (primary N) is 2. The van der Waals surface area contributed by atoms with Gasteiger partial charge in [-0.2, -0.15) is 4.37 Å². The number of aromatic nitrogens is 1. The number of hydrogen-bond acceptors (Lipinski definition) is 8. The van der Waals surface area contributed by atoms with Crippen molar-refractivity contribution in [2.24, 2.45) is 5.73 Å². The first kappa shape index (κ1) is 27.1. The van der Waals surface area contributed by atoms with Gasteiger partial charge in [-0.05, 0) is 79.2 Å². The summed E-state index contributed by atoms with van der Waals surface area (Å²) in [6.07, 6.45) is 1.69. The Bertz CT molecular complexity index is 1330. The van der Waals surface area contributed by atoms with Gasteiger partial charge >= 0.3 is 0 Å². The zero-order valence-corrected chi connectivity index (χ0v) is 22.3. The summed E-state index contributed by atoms with van der Waals surface area (Å²) in [7, 11) is 1.55. The predicted molar refractivity (Wildman–Crippen MR) is 145 cm³/mol. The third-order valence-corrected chi connectivity index (χ3v) is 7.46. The molecule has 0 spiro atoms. The van der Waals surface area contributed by atoms with Gasteiger partial charge in [-0.25, -0.2) is 0 Å². The molecule has 200 valence electrons. The van der Waals surface area contributed by atoms with E-state index in [4.69, 9.17) is 20.9 Å². The number of primary amides is 1. The van der Waals surface area contributed by atoms with Crippen LogP contribution in [0, 0.1) is 13.8 Å². The summed E-state index contributed by atoms with van der Waals surface area (Å²) < 4.78 is 15.0. The van der Waals surface area contributed by atoms with Crippen molar-refractivity contribution in [1.29, 1.82) is 0 Å². The topological polar surface area (TPSA) is 150 Å². The number of carbonyl (C=O) groups is 3. The molecular weight excluding hydrogens is 506 g/mol. The van der Waals surface area contributed by atoms with Crippen LogP contribution in [0.4, 0.5) is 11.4 Å². The van der Waals surface area contributed by atoms with Crippen molar-refractivity contribution in [3.63, 3.8) is 0 Å². The summed E-state index contributed by atoms with van der Waals surface area (Å²) in [6.45, 7) is 4.85. The molecule has 2 aromatic carbocycles. The lowest BCUT2D eigenvalue weighted by molar-refractivity contribution is -0.123. The number of hydrogen-bond donors (Lipinski definition) is 3. The molecule has 11 heteroatoms. The van der Waals surface area contributed by atoms with Gasteiger partial charge in [0.15, 0.2) is 5.69 Å². The molecule has 1 saturated heterocycles. The van der Waals surface area contributed by atoms with Gasteiger partial charge in [0.1, 0.15) is 16.7 Å². The number of methoxy groups -OCH3 is 1. The van der Waals surface area contributed by atoms with Crippen LogP contribution >= 0.6 is 11.5 Å². The molecule has 3 amide bonds. The van der Waals surface area contributed by atoms with Crippen LogP contribution in [-0.4, -0.2) is 48.5 Å². The van der Waals surface area contributed by atoms with Crippen molar-refractivity contribution in [2.75, 3.05) is 30.9 Å².